The highest BCUT2D eigenvalue weighted by molar-refractivity contribution is 7.88. The molecule has 1 heterocycles. The lowest BCUT2D eigenvalue weighted by atomic mass is 9.95. The lowest BCUT2D eigenvalue weighted by Gasteiger charge is -2.34. The van der Waals surface area contributed by atoms with Crippen molar-refractivity contribution in [1.29, 1.82) is 0 Å². The van der Waals surface area contributed by atoms with Gasteiger partial charge in [0.25, 0.3) is 0 Å². The predicted molar refractivity (Wildman–Crippen MR) is 74.4 cm³/mol. The van der Waals surface area contributed by atoms with Gasteiger partial charge < -0.3 is 9.63 Å². The summed E-state index contributed by atoms with van der Waals surface area (Å²) >= 11 is 0. The fourth-order valence-corrected chi connectivity index (χ4v) is 4.50. The summed E-state index contributed by atoms with van der Waals surface area (Å²) in [6, 6.07) is 1.55. The molecule has 0 amide bonds. The van der Waals surface area contributed by atoms with Crippen molar-refractivity contribution in [1.82, 2.24) is 9.46 Å². The molecular weight excluding hydrogens is 280 g/mol. The van der Waals surface area contributed by atoms with E-state index in [1.165, 1.54) is 10.6 Å². The van der Waals surface area contributed by atoms with Crippen LogP contribution in [0.3, 0.4) is 0 Å². The number of nitrogens with zero attached hydrogens (tertiary/aromatic N) is 2. The van der Waals surface area contributed by atoms with Gasteiger partial charge in [0, 0.05) is 18.7 Å². The molecule has 2 rings (SSSR count). The van der Waals surface area contributed by atoms with E-state index < -0.39 is 16.1 Å². The number of hydrogen-bond donors (Lipinski definition) is 1. The number of aliphatic hydroxyl groups is 1. The quantitative estimate of drug-likeness (QED) is 0.861. The normalized spacial score (nSPS) is 19.4. The molecule has 114 valence electrons. The summed E-state index contributed by atoms with van der Waals surface area (Å²) in [6.45, 7) is 1.76. The molecule has 0 aromatic carbocycles. The average molecular weight is 302 g/mol. The van der Waals surface area contributed by atoms with Crippen molar-refractivity contribution in [2.45, 2.75) is 56.9 Å². The third-order valence-electron chi connectivity index (χ3n) is 3.60. The zero-order chi connectivity index (χ0) is 14.6. The summed E-state index contributed by atoms with van der Waals surface area (Å²) in [4.78, 5) is 0. The van der Waals surface area contributed by atoms with Gasteiger partial charge >= 0.3 is 0 Å². The Morgan fingerprint density at radius 3 is 2.70 bits per heavy atom. The second kappa shape index (κ2) is 6.69. The Kier molecular flexibility index (Phi) is 5.17. The Labute approximate surface area is 119 Å². The monoisotopic (exact) mass is 302 g/mol. The maximum atomic E-state index is 12.6. The molecule has 0 saturated heterocycles. The molecule has 1 saturated carbocycles. The summed E-state index contributed by atoms with van der Waals surface area (Å²) in [5.41, 5.74) is 0.399. The molecule has 1 unspecified atom stereocenters. The summed E-state index contributed by atoms with van der Waals surface area (Å²) in [5, 5.41) is 13.3. The lowest BCUT2D eigenvalue weighted by Crippen LogP contribution is -2.45. The Hall–Kier alpha value is -0.920. The molecule has 1 aliphatic carbocycles. The van der Waals surface area contributed by atoms with E-state index in [2.05, 4.69) is 9.68 Å². The van der Waals surface area contributed by atoms with Gasteiger partial charge in [-0.05, 0) is 19.8 Å². The molecule has 0 bridgehead atoms. The van der Waals surface area contributed by atoms with Crippen molar-refractivity contribution in [3.63, 3.8) is 0 Å². The number of aliphatic hydroxyl groups excluding tert-OH is 1. The van der Waals surface area contributed by atoms with Crippen LogP contribution in [0.15, 0.2) is 16.9 Å². The predicted octanol–water partition coefficient (Wildman–Crippen LogP) is 1.52. The Morgan fingerprint density at radius 1 is 1.45 bits per heavy atom. The first-order valence-corrected chi connectivity index (χ1v) is 8.67. The minimum Gasteiger partial charge on any atom is -0.392 e. The molecule has 6 nitrogen and oxygen atoms in total. The van der Waals surface area contributed by atoms with Crippen LogP contribution in [0.25, 0.3) is 0 Å². The van der Waals surface area contributed by atoms with Crippen LogP contribution in [-0.2, 0) is 15.8 Å². The van der Waals surface area contributed by atoms with Crippen molar-refractivity contribution in [3.8, 4) is 0 Å². The first kappa shape index (κ1) is 15.5. The highest BCUT2D eigenvalue weighted by atomic mass is 32.2. The van der Waals surface area contributed by atoms with Gasteiger partial charge in [0.2, 0.25) is 10.0 Å². The number of rotatable bonds is 6. The van der Waals surface area contributed by atoms with Crippen molar-refractivity contribution < 1.29 is 18.0 Å². The van der Waals surface area contributed by atoms with Gasteiger partial charge in [-0.3, -0.25) is 0 Å². The first-order chi connectivity index (χ1) is 9.49. The van der Waals surface area contributed by atoms with Crippen LogP contribution in [0.2, 0.25) is 0 Å². The molecule has 0 radical (unpaired) electrons. The average Bonchev–Trinajstić information content (AvgIpc) is 2.88. The van der Waals surface area contributed by atoms with Gasteiger partial charge in [0.05, 0.1) is 11.8 Å². The Morgan fingerprint density at radius 2 is 2.15 bits per heavy atom. The molecule has 1 N–H and O–H groups in total. The van der Waals surface area contributed by atoms with Crippen molar-refractivity contribution in [2.24, 2.45) is 0 Å². The highest BCUT2D eigenvalue weighted by Gasteiger charge is 2.32. The van der Waals surface area contributed by atoms with E-state index in [1.54, 1.807) is 13.0 Å². The molecule has 1 atom stereocenters. The highest BCUT2D eigenvalue weighted by Crippen LogP contribution is 2.26. The van der Waals surface area contributed by atoms with Crippen LogP contribution >= 0.6 is 0 Å². The second-order valence-electron chi connectivity index (χ2n) is 5.46. The van der Waals surface area contributed by atoms with Gasteiger partial charge in [0.1, 0.15) is 12.0 Å². The SMILES string of the molecule is CC(O)CN(C1CCCCC1)S(=O)(=O)Cc1ccon1. The van der Waals surface area contributed by atoms with Gasteiger partial charge in [-0.25, -0.2) is 8.42 Å². The smallest absolute Gasteiger partial charge is 0.220 e. The Balaban J connectivity index is 2.15. The number of hydrogen-bond acceptors (Lipinski definition) is 5. The van der Waals surface area contributed by atoms with Crippen LogP contribution in [0.5, 0.6) is 0 Å². The van der Waals surface area contributed by atoms with E-state index in [9.17, 15) is 13.5 Å². The summed E-state index contributed by atoms with van der Waals surface area (Å²) in [6.07, 6.45) is 5.66. The van der Waals surface area contributed by atoms with Crippen LogP contribution in [0.1, 0.15) is 44.7 Å². The largest absolute Gasteiger partial charge is 0.392 e. The summed E-state index contributed by atoms with van der Waals surface area (Å²) < 4.78 is 31.3. The minimum absolute atomic E-state index is 0.00440. The molecule has 1 fully saturated rings. The molecule has 1 aromatic rings. The first-order valence-electron chi connectivity index (χ1n) is 7.06. The topological polar surface area (TPSA) is 83.6 Å². The maximum absolute atomic E-state index is 12.6. The van der Waals surface area contributed by atoms with Crippen molar-refractivity contribution in [2.75, 3.05) is 6.54 Å². The van der Waals surface area contributed by atoms with Gasteiger partial charge in [-0.2, -0.15) is 4.31 Å². The van der Waals surface area contributed by atoms with Gasteiger partial charge in [-0.15, -0.1) is 0 Å². The number of aromatic nitrogens is 1. The van der Waals surface area contributed by atoms with E-state index >= 15 is 0 Å². The molecule has 0 spiro atoms. The van der Waals surface area contributed by atoms with Crippen LogP contribution in [0.4, 0.5) is 0 Å². The van der Waals surface area contributed by atoms with Gasteiger partial charge in [-0.1, -0.05) is 24.4 Å². The van der Waals surface area contributed by atoms with E-state index in [1.807, 2.05) is 0 Å². The van der Waals surface area contributed by atoms with E-state index in [0.29, 0.717) is 5.69 Å². The molecule has 20 heavy (non-hydrogen) atoms. The maximum Gasteiger partial charge on any atom is 0.220 e. The van der Waals surface area contributed by atoms with E-state index in [4.69, 9.17) is 0 Å². The van der Waals surface area contributed by atoms with E-state index in [-0.39, 0.29) is 18.3 Å². The van der Waals surface area contributed by atoms with E-state index in [0.717, 1.165) is 32.1 Å². The van der Waals surface area contributed by atoms with Crippen molar-refractivity contribution >= 4 is 10.0 Å². The van der Waals surface area contributed by atoms with Crippen LogP contribution < -0.4 is 0 Å². The Bertz CT molecular complexity index is 492. The van der Waals surface area contributed by atoms with Crippen molar-refractivity contribution in [3.05, 3.63) is 18.0 Å². The third kappa shape index (κ3) is 4.04. The lowest BCUT2D eigenvalue weighted by molar-refractivity contribution is 0.136. The zero-order valence-corrected chi connectivity index (χ0v) is 12.6. The second-order valence-corrected chi connectivity index (χ2v) is 7.38. The van der Waals surface area contributed by atoms with Gasteiger partial charge in [0.15, 0.2) is 0 Å². The fraction of sp³-hybridized carbons (Fsp3) is 0.769. The summed E-state index contributed by atoms with van der Waals surface area (Å²) in [5.74, 6) is -0.174. The minimum atomic E-state index is -3.49. The molecular formula is C13H22N2O4S. The summed E-state index contributed by atoms with van der Waals surface area (Å²) in [7, 11) is -3.49. The molecule has 7 heteroatoms. The van der Waals surface area contributed by atoms with Crippen LogP contribution in [-0.4, -0.2) is 41.7 Å². The fourth-order valence-electron chi connectivity index (χ4n) is 2.70. The molecule has 1 aromatic heterocycles. The molecule has 0 aliphatic heterocycles. The standard InChI is InChI=1S/C13H22N2O4S/c1-11(16)9-15(13-5-3-2-4-6-13)20(17,18)10-12-7-8-19-14-12/h7-8,11,13,16H,2-6,9-10H2,1H3. The third-order valence-corrected chi connectivity index (χ3v) is 5.43. The van der Waals surface area contributed by atoms with Crippen LogP contribution in [0, 0.1) is 0 Å². The zero-order valence-electron chi connectivity index (χ0n) is 11.7. The number of sulfonamides is 1. The molecule has 1 aliphatic rings.